The fourth-order valence-electron chi connectivity index (χ4n) is 1.97. The van der Waals surface area contributed by atoms with E-state index in [2.05, 4.69) is 44.0 Å². The van der Waals surface area contributed by atoms with Gasteiger partial charge in [-0.1, -0.05) is 19.2 Å². The first-order valence-electron chi connectivity index (χ1n) is 6.45. The zero-order chi connectivity index (χ0) is 16.3. The zero-order valence-corrected chi connectivity index (χ0v) is 13.6. The van der Waals surface area contributed by atoms with Crippen LogP contribution < -0.4 is 11.2 Å². The lowest BCUT2D eigenvalue weighted by Gasteiger charge is -2.09. The summed E-state index contributed by atoms with van der Waals surface area (Å²) in [5.74, 6) is 0.636. The average molecular weight is 359 g/mol. The summed E-state index contributed by atoms with van der Waals surface area (Å²) in [5.41, 5.74) is 7.81. The number of aliphatic imine (C=N–C) groups is 1. The van der Waals surface area contributed by atoms with Crippen LogP contribution in [0.2, 0.25) is 0 Å². The van der Waals surface area contributed by atoms with Crippen molar-refractivity contribution < 1.29 is 0 Å². The summed E-state index contributed by atoms with van der Waals surface area (Å²) in [6.45, 7) is 9.02. The highest BCUT2D eigenvalue weighted by Crippen LogP contribution is 2.15. The van der Waals surface area contributed by atoms with Crippen molar-refractivity contribution in [2.45, 2.75) is 6.92 Å². The summed E-state index contributed by atoms with van der Waals surface area (Å²) in [6.07, 6.45) is 4.67. The molecule has 0 aliphatic rings. The number of aromatic amines is 1. The topological polar surface area (TPSA) is 84.1 Å². The Morgan fingerprint density at radius 1 is 1.41 bits per heavy atom. The van der Waals surface area contributed by atoms with Crippen molar-refractivity contribution in [2.75, 3.05) is 0 Å². The quantitative estimate of drug-likeness (QED) is 0.650. The Kier molecular flexibility index (Phi) is 4.72. The number of nitrogens with two attached hydrogens (primary N) is 1. The maximum Gasteiger partial charge on any atom is 0.193 e. The standard InChI is InChI=1S/C16H15BrN4O/c1-4-11-12(5-2)20-14(9(3)15(11)22)16(18)21-13-7-6-10(17)8-19-13/h4-8H,1-2H2,3H3,(H,20,22)(H2,18,19,21). The molecule has 0 fully saturated rings. The van der Waals surface area contributed by atoms with E-state index in [-0.39, 0.29) is 11.3 Å². The number of rotatable bonds is 4. The van der Waals surface area contributed by atoms with Crippen molar-refractivity contribution in [3.63, 3.8) is 0 Å². The molecule has 0 unspecified atom stereocenters. The van der Waals surface area contributed by atoms with Gasteiger partial charge in [0.25, 0.3) is 0 Å². The van der Waals surface area contributed by atoms with Gasteiger partial charge in [-0.25, -0.2) is 9.98 Å². The van der Waals surface area contributed by atoms with E-state index in [1.807, 2.05) is 6.07 Å². The van der Waals surface area contributed by atoms with Crippen molar-refractivity contribution in [2.24, 2.45) is 10.7 Å². The van der Waals surface area contributed by atoms with Gasteiger partial charge in [0.05, 0.1) is 5.69 Å². The van der Waals surface area contributed by atoms with Gasteiger partial charge in [-0.2, -0.15) is 0 Å². The molecule has 0 spiro atoms. The van der Waals surface area contributed by atoms with E-state index in [0.717, 1.165) is 4.47 Å². The number of H-pyrrole nitrogens is 1. The second-order valence-corrected chi connectivity index (χ2v) is 5.44. The molecule has 0 saturated heterocycles. The van der Waals surface area contributed by atoms with Crippen molar-refractivity contribution in [3.8, 4) is 0 Å². The highest BCUT2D eigenvalue weighted by molar-refractivity contribution is 9.10. The Balaban J connectivity index is 2.59. The monoisotopic (exact) mass is 358 g/mol. The lowest BCUT2D eigenvalue weighted by atomic mass is 10.1. The molecular weight excluding hydrogens is 344 g/mol. The van der Waals surface area contributed by atoms with Gasteiger partial charge in [-0.3, -0.25) is 4.79 Å². The van der Waals surface area contributed by atoms with E-state index in [9.17, 15) is 4.79 Å². The number of nitrogens with zero attached hydrogens (tertiary/aromatic N) is 2. The van der Waals surface area contributed by atoms with Crippen LogP contribution in [0.1, 0.15) is 22.5 Å². The van der Waals surface area contributed by atoms with E-state index in [4.69, 9.17) is 5.73 Å². The maximum atomic E-state index is 12.3. The molecule has 0 aromatic carbocycles. The number of hydrogen-bond donors (Lipinski definition) is 2. The minimum absolute atomic E-state index is 0.152. The third kappa shape index (κ3) is 3.07. The van der Waals surface area contributed by atoms with Gasteiger partial charge >= 0.3 is 0 Å². The third-order valence-corrected chi connectivity index (χ3v) is 3.59. The molecule has 2 aromatic heterocycles. The first-order chi connectivity index (χ1) is 10.5. The first kappa shape index (κ1) is 15.9. The van der Waals surface area contributed by atoms with E-state index < -0.39 is 0 Å². The van der Waals surface area contributed by atoms with Gasteiger partial charge in [0.2, 0.25) is 0 Å². The predicted molar refractivity (Wildman–Crippen MR) is 94.3 cm³/mol. The molecule has 3 N–H and O–H groups in total. The fourth-order valence-corrected chi connectivity index (χ4v) is 2.20. The van der Waals surface area contributed by atoms with Gasteiger partial charge < -0.3 is 10.7 Å². The van der Waals surface area contributed by atoms with Crippen LogP contribution in [0.4, 0.5) is 5.82 Å². The lowest BCUT2D eigenvalue weighted by molar-refractivity contribution is 1.16. The molecule has 112 valence electrons. The molecule has 2 heterocycles. The fraction of sp³-hybridized carbons (Fsp3) is 0.0625. The molecule has 5 nitrogen and oxygen atoms in total. The molecule has 0 aliphatic carbocycles. The molecule has 22 heavy (non-hydrogen) atoms. The Morgan fingerprint density at radius 3 is 2.68 bits per heavy atom. The highest BCUT2D eigenvalue weighted by atomic mass is 79.9. The van der Waals surface area contributed by atoms with Crippen LogP contribution in [0.25, 0.3) is 12.2 Å². The molecule has 2 aromatic rings. The van der Waals surface area contributed by atoms with Crippen molar-refractivity contribution in [3.05, 3.63) is 68.7 Å². The van der Waals surface area contributed by atoms with Crippen LogP contribution in [-0.4, -0.2) is 15.8 Å². The Hall–Kier alpha value is -2.47. The third-order valence-electron chi connectivity index (χ3n) is 3.12. The van der Waals surface area contributed by atoms with Crippen LogP contribution >= 0.6 is 15.9 Å². The molecule has 2 rings (SSSR count). The Labute approximate surface area is 136 Å². The number of halogens is 1. The SMILES string of the molecule is C=Cc1[nH]c(C(N)=Nc2ccc(Br)cn2)c(C)c(=O)c1C=C. The van der Waals surface area contributed by atoms with E-state index in [0.29, 0.717) is 28.3 Å². The maximum absolute atomic E-state index is 12.3. The first-order valence-corrected chi connectivity index (χ1v) is 7.25. The van der Waals surface area contributed by atoms with Gasteiger partial charge in [0.15, 0.2) is 11.2 Å². The average Bonchev–Trinajstić information content (AvgIpc) is 2.51. The van der Waals surface area contributed by atoms with Gasteiger partial charge in [0, 0.05) is 27.5 Å². The van der Waals surface area contributed by atoms with Gasteiger partial charge in [0.1, 0.15) is 5.84 Å². The summed E-state index contributed by atoms with van der Waals surface area (Å²) in [5, 5.41) is 0. The number of pyridine rings is 2. The van der Waals surface area contributed by atoms with Crippen molar-refractivity contribution in [1.82, 2.24) is 9.97 Å². The minimum Gasteiger partial charge on any atom is -0.382 e. The number of hydrogen-bond acceptors (Lipinski definition) is 3. The van der Waals surface area contributed by atoms with Crippen LogP contribution in [-0.2, 0) is 0 Å². The molecular formula is C16H15BrN4O. The number of nitrogens with one attached hydrogen (secondary N) is 1. The molecule has 0 bridgehead atoms. The summed E-state index contributed by atoms with van der Waals surface area (Å²) < 4.78 is 0.846. The van der Waals surface area contributed by atoms with Crippen LogP contribution in [0, 0.1) is 6.92 Å². The van der Waals surface area contributed by atoms with Crippen LogP contribution in [0.15, 0.2) is 45.7 Å². The molecule has 0 amide bonds. The second-order valence-electron chi connectivity index (χ2n) is 4.52. The largest absolute Gasteiger partial charge is 0.382 e. The summed E-state index contributed by atoms with van der Waals surface area (Å²) in [6, 6.07) is 3.53. The molecule has 0 aliphatic heterocycles. The second kappa shape index (κ2) is 6.53. The number of aromatic nitrogens is 2. The number of amidine groups is 1. The molecule has 6 heteroatoms. The Bertz CT molecular complexity index is 819. The van der Waals surface area contributed by atoms with E-state index >= 15 is 0 Å². The van der Waals surface area contributed by atoms with E-state index in [1.165, 1.54) is 6.08 Å². The molecule has 0 saturated carbocycles. The summed E-state index contributed by atoms with van der Waals surface area (Å²) >= 11 is 3.30. The van der Waals surface area contributed by atoms with Crippen molar-refractivity contribution in [1.29, 1.82) is 0 Å². The zero-order valence-electron chi connectivity index (χ0n) is 12.1. The van der Waals surface area contributed by atoms with E-state index in [1.54, 1.807) is 25.3 Å². The predicted octanol–water partition coefficient (Wildman–Crippen LogP) is 3.16. The van der Waals surface area contributed by atoms with Crippen LogP contribution in [0.3, 0.4) is 0 Å². The summed E-state index contributed by atoms with van der Waals surface area (Å²) in [4.78, 5) is 23.8. The molecule has 0 radical (unpaired) electrons. The highest BCUT2D eigenvalue weighted by Gasteiger charge is 2.13. The molecule has 0 atom stereocenters. The summed E-state index contributed by atoms with van der Waals surface area (Å²) in [7, 11) is 0. The van der Waals surface area contributed by atoms with Crippen molar-refractivity contribution >= 4 is 39.7 Å². The normalized spacial score (nSPS) is 11.3. The Morgan fingerprint density at radius 2 is 2.14 bits per heavy atom. The van der Waals surface area contributed by atoms with Gasteiger partial charge in [-0.15, -0.1) is 0 Å². The smallest absolute Gasteiger partial charge is 0.193 e. The lowest BCUT2D eigenvalue weighted by Crippen LogP contribution is -2.24. The minimum atomic E-state index is -0.152. The van der Waals surface area contributed by atoms with Crippen LogP contribution in [0.5, 0.6) is 0 Å². The van der Waals surface area contributed by atoms with Gasteiger partial charge in [-0.05, 0) is 41.1 Å².